The normalized spacial score (nSPS) is 29.9. The summed E-state index contributed by atoms with van der Waals surface area (Å²) in [7, 11) is 0. The maximum Gasteiger partial charge on any atom is 0.335 e. The summed E-state index contributed by atoms with van der Waals surface area (Å²) in [5.74, 6) is -2.18. The molecule has 5 N–H and O–H groups in total. The van der Waals surface area contributed by atoms with Crippen LogP contribution in [0.25, 0.3) is 0 Å². The van der Waals surface area contributed by atoms with Crippen molar-refractivity contribution >= 4 is 11.9 Å². The van der Waals surface area contributed by atoms with E-state index in [-0.39, 0.29) is 12.2 Å². The number of carbonyl (C=O) groups is 2. The average molecular weight is 342 g/mol. The van der Waals surface area contributed by atoms with Crippen LogP contribution in [0.2, 0.25) is 0 Å². The number of carboxylic acid groups (broad SMARTS) is 2. The molecule has 1 heterocycles. The third-order valence-electron chi connectivity index (χ3n) is 3.62. The Balaban J connectivity index is 2.03. The van der Waals surface area contributed by atoms with Crippen LogP contribution in [0.15, 0.2) is 24.3 Å². The molecule has 0 aliphatic carbocycles. The van der Waals surface area contributed by atoms with Crippen molar-refractivity contribution in [2.45, 2.75) is 43.5 Å². The van der Waals surface area contributed by atoms with E-state index in [2.05, 4.69) is 0 Å². The Hall–Kier alpha value is -2.20. The first-order chi connectivity index (χ1) is 11.3. The van der Waals surface area contributed by atoms with Crippen molar-refractivity contribution in [1.82, 2.24) is 0 Å². The molecule has 24 heavy (non-hydrogen) atoms. The third-order valence-corrected chi connectivity index (χ3v) is 3.62. The summed E-state index contributed by atoms with van der Waals surface area (Å²) in [6, 6.07) is 6.24. The first kappa shape index (κ1) is 18.1. The molecule has 0 bridgehead atoms. The lowest BCUT2D eigenvalue weighted by Crippen LogP contribution is -2.61. The summed E-state index contributed by atoms with van der Waals surface area (Å²) in [6.45, 7) is 0. The van der Waals surface area contributed by atoms with E-state index < -0.39 is 42.6 Å². The van der Waals surface area contributed by atoms with Crippen LogP contribution < -0.4 is 4.74 Å². The molecule has 9 heteroatoms. The Morgan fingerprint density at radius 3 is 2.17 bits per heavy atom. The van der Waals surface area contributed by atoms with E-state index in [0.717, 1.165) is 5.56 Å². The number of benzene rings is 1. The molecule has 0 aromatic heterocycles. The largest absolute Gasteiger partial charge is 0.481 e. The van der Waals surface area contributed by atoms with E-state index in [9.17, 15) is 24.9 Å². The molecule has 9 nitrogen and oxygen atoms in total. The number of aliphatic carboxylic acids is 2. The molecule has 132 valence electrons. The molecule has 0 saturated carbocycles. The highest BCUT2D eigenvalue weighted by molar-refractivity contribution is 5.73. The minimum atomic E-state index is -1.78. The number of aryl methyl sites for hydroxylation is 1. The van der Waals surface area contributed by atoms with Gasteiger partial charge in [0.2, 0.25) is 6.29 Å². The van der Waals surface area contributed by atoms with E-state index in [1.807, 2.05) is 0 Å². The van der Waals surface area contributed by atoms with Gasteiger partial charge in [0.1, 0.15) is 24.1 Å². The number of aliphatic hydroxyl groups excluding tert-OH is 3. The quantitative estimate of drug-likeness (QED) is 0.437. The summed E-state index contributed by atoms with van der Waals surface area (Å²) >= 11 is 0. The number of hydrogen-bond acceptors (Lipinski definition) is 7. The highest BCUT2D eigenvalue weighted by Crippen LogP contribution is 2.25. The van der Waals surface area contributed by atoms with Gasteiger partial charge in [0.25, 0.3) is 0 Å². The van der Waals surface area contributed by atoms with Crippen LogP contribution in [0.1, 0.15) is 12.0 Å². The van der Waals surface area contributed by atoms with Crippen LogP contribution in [0.4, 0.5) is 0 Å². The average Bonchev–Trinajstić information content (AvgIpc) is 2.54. The van der Waals surface area contributed by atoms with Crippen molar-refractivity contribution in [3.8, 4) is 5.75 Å². The van der Waals surface area contributed by atoms with Gasteiger partial charge < -0.3 is 35.0 Å². The van der Waals surface area contributed by atoms with Crippen LogP contribution in [0.3, 0.4) is 0 Å². The number of ether oxygens (including phenoxy) is 2. The lowest BCUT2D eigenvalue weighted by molar-refractivity contribution is -0.271. The molecule has 0 radical (unpaired) electrons. The molecular weight excluding hydrogens is 324 g/mol. The van der Waals surface area contributed by atoms with Crippen molar-refractivity contribution in [2.75, 3.05) is 0 Å². The molecule has 1 saturated heterocycles. The van der Waals surface area contributed by atoms with Gasteiger partial charge in [-0.25, -0.2) is 4.79 Å². The summed E-state index contributed by atoms with van der Waals surface area (Å²) in [4.78, 5) is 21.5. The molecular formula is C15H18O9. The Bertz CT molecular complexity index is 585. The van der Waals surface area contributed by atoms with E-state index in [0.29, 0.717) is 6.42 Å². The second-order valence-corrected chi connectivity index (χ2v) is 5.39. The van der Waals surface area contributed by atoms with Crippen LogP contribution in [-0.4, -0.2) is 68.2 Å². The molecule has 5 unspecified atom stereocenters. The van der Waals surface area contributed by atoms with Gasteiger partial charge in [-0.3, -0.25) is 4.79 Å². The van der Waals surface area contributed by atoms with Crippen LogP contribution in [0.5, 0.6) is 5.75 Å². The minimum Gasteiger partial charge on any atom is -0.481 e. The SMILES string of the molecule is O=C(O)CCc1ccc(OC2OC(C(=O)O)C(O)C(O)C2O)cc1. The summed E-state index contributed by atoms with van der Waals surface area (Å²) in [5, 5.41) is 46.7. The van der Waals surface area contributed by atoms with Crippen LogP contribution in [-0.2, 0) is 20.7 Å². The lowest BCUT2D eigenvalue weighted by Gasteiger charge is -2.38. The second-order valence-electron chi connectivity index (χ2n) is 5.39. The first-order valence-electron chi connectivity index (χ1n) is 7.19. The molecule has 0 amide bonds. The molecule has 1 fully saturated rings. The summed E-state index contributed by atoms with van der Waals surface area (Å²) in [5.41, 5.74) is 0.758. The van der Waals surface area contributed by atoms with Crippen LogP contribution in [0, 0.1) is 0 Å². The fourth-order valence-electron chi connectivity index (χ4n) is 2.27. The van der Waals surface area contributed by atoms with E-state index in [4.69, 9.17) is 19.7 Å². The number of hydrogen-bond donors (Lipinski definition) is 5. The van der Waals surface area contributed by atoms with Crippen molar-refractivity contribution in [1.29, 1.82) is 0 Å². The molecule has 0 spiro atoms. The van der Waals surface area contributed by atoms with E-state index >= 15 is 0 Å². The zero-order chi connectivity index (χ0) is 17.9. The Morgan fingerprint density at radius 1 is 1.00 bits per heavy atom. The van der Waals surface area contributed by atoms with Gasteiger partial charge in [-0.2, -0.15) is 0 Å². The van der Waals surface area contributed by atoms with Crippen LogP contribution >= 0.6 is 0 Å². The van der Waals surface area contributed by atoms with E-state index in [1.54, 1.807) is 12.1 Å². The van der Waals surface area contributed by atoms with Crippen molar-refractivity contribution in [3.63, 3.8) is 0 Å². The van der Waals surface area contributed by atoms with Gasteiger partial charge in [0.05, 0.1) is 0 Å². The number of carboxylic acids is 2. The number of rotatable bonds is 6. The van der Waals surface area contributed by atoms with Gasteiger partial charge in [0, 0.05) is 6.42 Å². The standard InChI is InChI=1S/C15H18O9/c16-9(17)6-3-7-1-4-8(5-2-7)23-15-12(20)10(18)11(19)13(24-15)14(21)22/h1-2,4-5,10-13,15,18-20H,3,6H2,(H,16,17)(H,21,22). The predicted octanol–water partition coefficient (Wildman–Crippen LogP) is -1.03. The molecule has 2 rings (SSSR count). The molecule has 5 atom stereocenters. The predicted molar refractivity (Wildman–Crippen MR) is 77.3 cm³/mol. The summed E-state index contributed by atoms with van der Waals surface area (Å²) < 4.78 is 10.3. The van der Waals surface area contributed by atoms with Crippen molar-refractivity contribution in [2.24, 2.45) is 0 Å². The van der Waals surface area contributed by atoms with E-state index in [1.165, 1.54) is 12.1 Å². The van der Waals surface area contributed by atoms with Crippen molar-refractivity contribution in [3.05, 3.63) is 29.8 Å². The molecule has 1 aromatic rings. The Labute approximate surface area is 136 Å². The molecule has 1 aliphatic heterocycles. The first-order valence-corrected chi connectivity index (χ1v) is 7.19. The van der Waals surface area contributed by atoms with Crippen molar-refractivity contribution < 1.29 is 44.6 Å². The van der Waals surface area contributed by atoms with Gasteiger partial charge in [-0.15, -0.1) is 0 Å². The summed E-state index contributed by atoms with van der Waals surface area (Å²) in [6.07, 6.45) is -8.05. The Kier molecular flexibility index (Phi) is 5.73. The fourth-order valence-corrected chi connectivity index (χ4v) is 2.27. The monoisotopic (exact) mass is 342 g/mol. The topological polar surface area (TPSA) is 154 Å². The van der Waals surface area contributed by atoms with Gasteiger partial charge in [-0.05, 0) is 24.1 Å². The molecule has 1 aliphatic rings. The number of aliphatic hydroxyl groups is 3. The molecule has 1 aromatic carbocycles. The lowest BCUT2D eigenvalue weighted by atomic mass is 9.99. The maximum atomic E-state index is 11.0. The second kappa shape index (κ2) is 7.58. The highest BCUT2D eigenvalue weighted by atomic mass is 16.7. The zero-order valence-corrected chi connectivity index (χ0v) is 12.5. The highest BCUT2D eigenvalue weighted by Gasteiger charge is 2.48. The third kappa shape index (κ3) is 4.20. The fraction of sp³-hybridized carbons (Fsp3) is 0.467. The minimum absolute atomic E-state index is 0.0188. The zero-order valence-electron chi connectivity index (χ0n) is 12.5. The smallest absolute Gasteiger partial charge is 0.335 e. The van der Waals surface area contributed by atoms with Gasteiger partial charge >= 0.3 is 11.9 Å². The van der Waals surface area contributed by atoms with Gasteiger partial charge in [0.15, 0.2) is 6.10 Å². The Morgan fingerprint density at radius 2 is 1.62 bits per heavy atom. The maximum absolute atomic E-state index is 11.0. The van der Waals surface area contributed by atoms with Gasteiger partial charge in [-0.1, -0.05) is 12.1 Å².